The number of aromatic nitrogens is 3. The van der Waals surface area contributed by atoms with Crippen molar-refractivity contribution in [2.24, 2.45) is 0 Å². The molecule has 0 unspecified atom stereocenters. The number of furan rings is 1. The monoisotopic (exact) mass is 1100 g/mol. The minimum atomic E-state index is 0. The molecule has 0 aliphatic heterocycles. The van der Waals surface area contributed by atoms with Crippen molar-refractivity contribution >= 4 is 21.9 Å². The van der Waals surface area contributed by atoms with E-state index in [4.69, 9.17) is 9.40 Å². The molecule has 0 bridgehead atoms. The third kappa shape index (κ3) is 10.00. The first-order chi connectivity index (χ1) is 35.1. The van der Waals surface area contributed by atoms with Crippen LogP contribution in [0, 0.1) is 18.2 Å². The number of aryl methyl sites for hydroxylation is 4. The van der Waals surface area contributed by atoms with Crippen LogP contribution in [0.15, 0.2) is 235 Å². The van der Waals surface area contributed by atoms with Gasteiger partial charge in [-0.2, -0.15) is 0 Å². The van der Waals surface area contributed by atoms with Gasteiger partial charge in [0, 0.05) is 29.4 Å². The van der Waals surface area contributed by atoms with Crippen LogP contribution in [0.25, 0.3) is 100 Å². The zero-order valence-electron chi connectivity index (χ0n) is 39.4. The SMILES string of the molecule is [Ir+3].[c-]1cc(CCc2cc(CCc3c[c-]c(-c4ccccn4)cc3)cc(-c3ccccc3-c3c[c-]c(-c4cc(-c5ccc6oc7cc(-c8ccccc8)ccc7c6c5)ccn4)cc3)c2)ccc1-c1ccccn1. The molecule has 0 aliphatic rings. The van der Waals surface area contributed by atoms with E-state index in [1.807, 2.05) is 61.1 Å². The van der Waals surface area contributed by atoms with Crippen molar-refractivity contribution in [3.63, 3.8) is 0 Å². The van der Waals surface area contributed by atoms with E-state index >= 15 is 0 Å². The summed E-state index contributed by atoms with van der Waals surface area (Å²) >= 11 is 0. The summed E-state index contributed by atoms with van der Waals surface area (Å²) in [7, 11) is 0. The summed E-state index contributed by atoms with van der Waals surface area (Å²) in [5.74, 6) is 0. The van der Waals surface area contributed by atoms with Gasteiger partial charge in [-0.05, 0) is 117 Å². The molecule has 0 amide bonds. The second kappa shape index (κ2) is 20.9. The second-order valence-electron chi connectivity index (χ2n) is 18.0. The summed E-state index contributed by atoms with van der Waals surface area (Å²) in [5.41, 5.74) is 21.7. The maximum absolute atomic E-state index is 6.36. The van der Waals surface area contributed by atoms with E-state index in [1.54, 1.807) is 0 Å². The summed E-state index contributed by atoms with van der Waals surface area (Å²) in [6.07, 6.45) is 9.17. The van der Waals surface area contributed by atoms with Gasteiger partial charge in [0.15, 0.2) is 0 Å². The summed E-state index contributed by atoms with van der Waals surface area (Å²) in [4.78, 5) is 13.9. The summed E-state index contributed by atoms with van der Waals surface area (Å²) in [6.45, 7) is 0. The fraction of sp³-hybridized carbons (Fsp3) is 0.0597. The van der Waals surface area contributed by atoms with Gasteiger partial charge >= 0.3 is 20.1 Å². The number of nitrogens with zero attached hydrogens (tertiary/aromatic N) is 3. The summed E-state index contributed by atoms with van der Waals surface area (Å²) in [6, 6.07) is 85.3. The van der Waals surface area contributed by atoms with Gasteiger partial charge in [0.2, 0.25) is 0 Å². The van der Waals surface area contributed by atoms with Crippen LogP contribution in [0.2, 0.25) is 0 Å². The van der Waals surface area contributed by atoms with Crippen molar-refractivity contribution in [3.05, 3.63) is 271 Å². The molecule has 0 spiro atoms. The van der Waals surface area contributed by atoms with Crippen LogP contribution in [0.1, 0.15) is 22.3 Å². The third-order valence-electron chi connectivity index (χ3n) is 13.4. The largest absolute Gasteiger partial charge is 3.00 e. The van der Waals surface area contributed by atoms with Crippen molar-refractivity contribution in [2.75, 3.05) is 0 Å². The molecule has 0 atom stereocenters. The Labute approximate surface area is 434 Å². The maximum atomic E-state index is 6.36. The molecule has 4 heterocycles. The molecule has 8 aromatic carbocycles. The molecule has 12 aromatic rings. The average Bonchev–Trinajstić information content (AvgIpc) is 3.82. The fourth-order valence-electron chi connectivity index (χ4n) is 9.63. The molecule has 4 nitrogen and oxygen atoms in total. The normalized spacial score (nSPS) is 11.2. The van der Waals surface area contributed by atoms with Gasteiger partial charge in [0.1, 0.15) is 11.2 Å². The van der Waals surface area contributed by atoms with E-state index in [-0.39, 0.29) is 20.1 Å². The first kappa shape index (κ1) is 46.1. The van der Waals surface area contributed by atoms with E-state index < -0.39 is 0 Å². The minimum Gasteiger partial charge on any atom is -0.456 e. The zero-order chi connectivity index (χ0) is 47.3. The third-order valence-corrected chi connectivity index (χ3v) is 13.4. The molecular formula is C67H46IrN3O. The fourth-order valence-corrected chi connectivity index (χ4v) is 9.63. The Morgan fingerprint density at radius 3 is 1.49 bits per heavy atom. The van der Waals surface area contributed by atoms with Crippen LogP contribution in [-0.4, -0.2) is 15.0 Å². The maximum Gasteiger partial charge on any atom is 3.00 e. The van der Waals surface area contributed by atoms with Gasteiger partial charge in [0.25, 0.3) is 0 Å². The Morgan fingerprint density at radius 2 is 0.861 bits per heavy atom. The molecule has 72 heavy (non-hydrogen) atoms. The Hall–Kier alpha value is -8.34. The van der Waals surface area contributed by atoms with E-state index in [0.29, 0.717) is 0 Å². The van der Waals surface area contributed by atoms with Crippen LogP contribution < -0.4 is 0 Å². The molecule has 4 aromatic heterocycles. The molecule has 0 saturated heterocycles. The van der Waals surface area contributed by atoms with Gasteiger partial charge in [-0.15, -0.1) is 101 Å². The first-order valence-electron chi connectivity index (χ1n) is 24.2. The molecule has 0 aliphatic carbocycles. The quantitative estimate of drug-likeness (QED) is 0.108. The smallest absolute Gasteiger partial charge is 0.456 e. The van der Waals surface area contributed by atoms with Crippen LogP contribution in [0.4, 0.5) is 0 Å². The van der Waals surface area contributed by atoms with Crippen molar-refractivity contribution < 1.29 is 24.5 Å². The van der Waals surface area contributed by atoms with Crippen molar-refractivity contribution in [2.45, 2.75) is 25.7 Å². The number of pyridine rings is 3. The molecular weight excluding hydrogens is 1050 g/mol. The Kier molecular flexibility index (Phi) is 13.4. The van der Waals surface area contributed by atoms with Crippen molar-refractivity contribution in [1.82, 2.24) is 15.0 Å². The van der Waals surface area contributed by atoms with Gasteiger partial charge in [0.05, 0.1) is 0 Å². The first-order valence-corrected chi connectivity index (χ1v) is 24.2. The molecule has 12 rings (SSSR count). The molecule has 344 valence electrons. The predicted octanol–water partition coefficient (Wildman–Crippen LogP) is 16.4. The number of hydrogen-bond donors (Lipinski definition) is 0. The Bertz CT molecular complexity index is 3670. The van der Waals surface area contributed by atoms with Crippen LogP contribution >= 0.6 is 0 Å². The van der Waals surface area contributed by atoms with Crippen molar-refractivity contribution in [1.29, 1.82) is 0 Å². The van der Waals surface area contributed by atoms with E-state index in [9.17, 15) is 0 Å². The van der Waals surface area contributed by atoms with E-state index in [0.717, 1.165) is 109 Å². The average molecular weight is 1100 g/mol. The van der Waals surface area contributed by atoms with Crippen molar-refractivity contribution in [3.8, 4) is 78.3 Å². The van der Waals surface area contributed by atoms with Gasteiger partial charge in [-0.1, -0.05) is 139 Å². The summed E-state index contributed by atoms with van der Waals surface area (Å²) < 4.78 is 6.36. The number of hydrogen-bond acceptors (Lipinski definition) is 4. The molecule has 0 fully saturated rings. The Balaban J connectivity index is 0.00000560. The number of benzene rings is 8. The van der Waals surface area contributed by atoms with Gasteiger partial charge < -0.3 is 19.4 Å². The van der Waals surface area contributed by atoms with Gasteiger partial charge in [-0.3, -0.25) is 0 Å². The van der Waals surface area contributed by atoms with Gasteiger partial charge in [-0.25, -0.2) is 0 Å². The standard InChI is InChI=1S/C67H46N3O.Ir/c1-2-10-50(11-3-1)56-32-34-61-62-43-55(33-35-66(62)71-67(61)45-56)57-36-39-70-65(44-57)54-30-28-51(29-31-54)59-12-4-5-13-60(59)58-41-48(18-16-46-20-24-52(25-21-46)63-14-6-8-37-68-63)40-49(42-58)19-17-47-22-26-53(27-23-47)64-15-7-9-38-69-64;/h1-15,20-24,26,28-30,32-45H,16-19H2;/q-3;+3. The minimum absolute atomic E-state index is 0. The molecule has 0 radical (unpaired) electrons. The van der Waals surface area contributed by atoms with E-state index in [2.05, 4.69) is 198 Å². The summed E-state index contributed by atoms with van der Waals surface area (Å²) in [5, 5.41) is 2.20. The Morgan fingerprint density at radius 1 is 0.319 bits per heavy atom. The molecule has 0 N–H and O–H groups in total. The molecule has 0 saturated carbocycles. The number of fused-ring (bicyclic) bond motifs is 3. The van der Waals surface area contributed by atoms with Crippen LogP contribution in [0.3, 0.4) is 0 Å². The van der Waals surface area contributed by atoms with E-state index in [1.165, 1.54) is 38.9 Å². The topological polar surface area (TPSA) is 51.8 Å². The van der Waals surface area contributed by atoms with Crippen LogP contribution in [0.5, 0.6) is 0 Å². The number of rotatable bonds is 13. The molecule has 5 heteroatoms. The predicted molar refractivity (Wildman–Crippen MR) is 289 cm³/mol. The van der Waals surface area contributed by atoms with Crippen LogP contribution in [-0.2, 0) is 45.8 Å². The zero-order valence-corrected chi connectivity index (χ0v) is 41.7. The second-order valence-corrected chi connectivity index (χ2v) is 18.0.